The maximum atomic E-state index is 5.43. The predicted octanol–water partition coefficient (Wildman–Crippen LogP) is 4.53. The van der Waals surface area contributed by atoms with Crippen LogP contribution in [0.15, 0.2) is 84.9 Å². The molecule has 0 N–H and O–H groups in total. The number of hydrogen-bond acceptors (Lipinski definition) is 2. The summed E-state index contributed by atoms with van der Waals surface area (Å²) in [5.74, 6) is 24.2. The summed E-state index contributed by atoms with van der Waals surface area (Å²) in [6.07, 6.45) is 0. The van der Waals surface area contributed by atoms with E-state index in [9.17, 15) is 0 Å². The van der Waals surface area contributed by atoms with Crippen LogP contribution in [0.5, 0.6) is 0 Å². The Hall–Kier alpha value is -4.18. The third kappa shape index (κ3) is 9.09. The Labute approximate surface area is 190 Å². The SMILES string of the molecule is C(#Cc1ccccc1)COCC#Cc1ccc(C#CCOCC#Cc2ccccc2)cc1. The molecule has 3 aromatic carbocycles. The average molecular weight is 415 g/mol. The van der Waals surface area contributed by atoms with Gasteiger partial charge in [-0.05, 0) is 48.5 Å². The number of benzene rings is 3. The van der Waals surface area contributed by atoms with Crippen LogP contribution < -0.4 is 0 Å². The molecule has 0 aliphatic carbocycles. The number of ether oxygens (including phenoxy) is 2. The van der Waals surface area contributed by atoms with Crippen LogP contribution in [-0.2, 0) is 9.47 Å². The Bertz CT molecular complexity index is 1110. The van der Waals surface area contributed by atoms with Crippen molar-refractivity contribution in [3.05, 3.63) is 107 Å². The lowest BCUT2D eigenvalue weighted by molar-refractivity contribution is 0.204. The molecule has 0 atom stereocenters. The fourth-order valence-electron chi connectivity index (χ4n) is 2.54. The first-order valence-electron chi connectivity index (χ1n) is 10.2. The lowest BCUT2D eigenvalue weighted by atomic mass is 10.1. The molecule has 0 bridgehead atoms. The van der Waals surface area contributed by atoms with Gasteiger partial charge in [-0.3, -0.25) is 0 Å². The molecule has 0 saturated heterocycles. The zero-order valence-electron chi connectivity index (χ0n) is 17.7. The molecule has 3 rings (SSSR count). The van der Waals surface area contributed by atoms with Crippen LogP contribution in [-0.4, -0.2) is 26.4 Å². The van der Waals surface area contributed by atoms with Crippen molar-refractivity contribution >= 4 is 0 Å². The zero-order valence-corrected chi connectivity index (χ0v) is 17.7. The molecule has 32 heavy (non-hydrogen) atoms. The summed E-state index contributed by atoms with van der Waals surface area (Å²) in [5, 5.41) is 0. The van der Waals surface area contributed by atoms with Gasteiger partial charge in [0.1, 0.15) is 26.4 Å². The van der Waals surface area contributed by atoms with Crippen LogP contribution in [0, 0.1) is 47.4 Å². The van der Waals surface area contributed by atoms with E-state index in [2.05, 4.69) is 47.4 Å². The van der Waals surface area contributed by atoms with Crippen molar-refractivity contribution in [2.45, 2.75) is 0 Å². The highest BCUT2D eigenvalue weighted by atomic mass is 16.5. The molecular formula is C30H22O2. The Morgan fingerprint density at radius 1 is 0.375 bits per heavy atom. The van der Waals surface area contributed by atoms with Gasteiger partial charge in [-0.25, -0.2) is 0 Å². The Morgan fingerprint density at radius 2 is 0.656 bits per heavy atom. The molecule has 154 valence electrons. The van der Waals surface area contributed by atoms with E-state index in [1.807, 2.05) is 84.9 Å². The summed E-state index contributed by atoms with van der Waals surface area (Å²) in [6, 6.07) is 27.4. The van der Waals surface area contributed by atoms with Crippen LogP contribution >= 0.6 is 0 Å². The Morgan fingerprint density at radius 3 is 0.969 bits per heavy atom. The highest BCUT2D eigenvalue weighted by molar-refractivity contribution is 5.42. The van der Waals surface area contributed by atoms with Crippen LogP contribution in [0.25, 0.3) is 0 Å². The van der Waals surface area contributed by atoms with Gasteiger partial charge >= 0.3 is 0 Å². The minimum atomic E-state index is 0.343. The monoisotopic (exact) mass is 414 g/mol. The largest absolute Gasteiger partial charge is 0.356 e. The van der Waals surface area contributed by atoms with E-state index in [1.165, 1.54) is 0 Å². The first-order valence-corrected chi connectivity index (χ1v) is 10.2. The van der Waals surface area contributed by atoms with E-state index in [-0.39, 0.29) is 0 Å². The molecule has 0 spiro atoms. The smallest absolute Gasteiger partial charge is 0.109 e. The topological polar surface area (TPSA) is 18.5 Å². The maximum absolute atomic E-state index is 5.43. The van der Waals surface area contributed by atoms with Gasteiger partial charge in [-0.15, -0.1) is 0 Å². The molecule has 3 aromatic rings. The van der Waals surface area contributed by atoms with Crippen LogP contribution in [0.2, 0.25) is 0 Å². The molecule has 0 aliphatic rings. The summed E-state index contributed by atoms with van der Waals surface area (Å²) < 4.78 is 10.9. The average Bonchev–Trinajstić information content (AvgIpc) is 2.85. The zero-order chi connectivity index (χ0) is 22.1. The van der Waals surface area contributed by atoms with Crippen molar-refractivity contribution < 1.29 is 9.47 Å². The van der Waals surface area contributed by atoms with E-state index in [0.29, 0.717) is 26.4 Å². The van der Waals surface area contributed by atoms with Crippen molar-refractivity contribution in [3.8, 4) is 47.4 Å². The van der Waals surface area contributed by atoms with Gasteiger partial charge in [0.2, 0.25) is 0 Å². The van der Waals surface area contributed by atoms with E-state index in [1.54, 1.807) is 0 Å². The molecule has 2 heteroatoms. The lowest BCUT2D eigenvalue weighted by Gasteiger charge is -1.93. The summed E-state index contributed by atoms with van der Waals surface area (Å²) in [6.45, 7) is 1.40. The quantitative estimate of drug-likeness (QED) is 0.461. The van der Waals surface area contributed by atoms with Crippen molar-refractivity contribution in [1.29, 1.82) is 0 Å². The van der Waals surface area contributed by atoms with Gasteiger partial charge in [0.05, 0.1) is 0 Å². The van der Waals surface area contributed by atoms with Gasteiger partial charge in [-0.2, -0.15) is 0 Å². The van der Waals surface area contributed by atoms with Crippen molar-refractivity contribution in [2.24, 2.45) is 0 Å². The molecule has 0 fully saturated rings. The second kappa shape index (κ2) is 13.9. The van der Waals surface area contributed by atoms with E-state index < -0.39 is 0 Å². The third-order valence-electron chi connectivity index (χ3n) is 4.06. The molecule has 0 radical (unpaired) electrons. The summed E-state index contributed by atoms with van der Waals surface area (Å²) >= 11 is 0. The fourth-order valence-corrected chi connectivity index (χ4v) is 2.54. The Kier molecular flexibility index (Phi) is 9.80. The van der Waals surface area contributed by atoms with Crippen molar-refractivity contribution in [2.75, 3.05) is 26.4 Å². The lowest BCUT2D eigenvalue weighted by Crippen LogP contribution is -1.92. The van der Waals surface area contributed by atoms with Gasteiger partial charge in [0.25, 0.3) is 0 Å². The van der Waals surface area contributed by atoms with Crippen molar-refractivity contribution in [3.63, 3.8) is 0 Å². The van der Waals surface area contributed by atoms with Gasteiger partial charge in [0.15, 0.2) is 0 Å². The standard InChI is InChI=1S/C30H22O2/c1-3-11-27(12-4-1)15-7-23-31-25-9-17-29-19-21-30(22-20-29)18-10-26-32-24-8-16-28-13-5-2-6-14-28/h1-6,11-14,19-22H,23-26H2. The van der Waals surface area contributed by atoms with Crippen molar-refractivity contribution in [1.82, 2.24) is 0 Å². The minimum absolute atomic E-state index is 0.343. The van der Waals surface area contributed by atoms with E-state index in [0.717, 1.165) is 22.3 Å². The molecular weight excluding hydrogens is 392 g/mol. The summed E-state index contributed by atoms with van der Waals surface area (Å²) in [5.41, 5.74) is 3.80. The van der Waals surface area contributed by atoms with E-state index >= 15 is 0 Å². The van der Waals surface area contributed by atoms with Crippen LogP contribution in [0.3, 0.4) is 0 Å². The third-order valence-corrected chi connectivity index (χ3v) is 4.06. The molecule has 0 aromatic heterocycles. The van der Waals surface area contributed by atoms with E-state index in [4.69, 9.17) is 9.47 Å². The molecule has 0 unspecified atom stereocenters. The predicted molar refractivity (Wildman–Crippen MR) is 128 cm³/mol. The first-order chi connectivity index (χ1) is 15.9. The second-order valence-electron chi connectivity index (χ2n) is 6.50. The van der Waals surface area contributed by atoms with Gasteiger partial charge < -0.3 is 9.47 Å². The molecule has 0 amide bonds. The Balaban J connectivity index is 1.33. The van der Waals surface area contributed by atoms with Gasteiger partial charge in [-0.1, -0.05) is 83.8 Å². The fraction of sp³-hybridized carbons (Fsp3) is 0.133. The van der Waals surface area contributed by atoms with Crippen LogP contribution in [0.4, 0.5) is 0 Å². The molecule has 0 saturated carbocycles. The normalized spacial score (nSPS) is 9.00. The molecule has 0 aliphatic heterocycles. The highest BCUT2D eigenvalue weighted by Gasteiger charge is 1.89. The summed E-state index contributed by atoms with van der Waals surface area (Å²) in [4.78, 5) is 0. The second-order valence-corrected chi connectivity index (χ2v) is 6.50. The highest BCUT2D eigenvalue weighted by Crippen LogP contribution is 2.01. The minimum Gasteiger partial charge on any atom is -0.356 e. The molecule has 2 nitrogen and oxygen atoms in total. The summed E-state index contributed by atoms with van der Waals surface area (Å²) in [7, 11) is 0. The first kappa shape index (κ1) is 22.5. The van der Waals surface area contributed by atoms with Crippen LogP contribution in [0.1, 0.15) is 22.3 Å². The van der Waals surface area contributed by atoms with Gasteiger partial charge in [0, 0.05) is 22.3 Å². The molecule has 0 heterocycles. The number of hydrogen-bond donors (Lipinski definition) is 0. The number of rotatable bonds is 4. The maximum Gasteiger partial charge on any atom is 0.109 e.